The quantitative estimate of drug-likeness (QED) is 0.629. The van der Waals surface area contributed by atoms with E-state index in [2.05, 4.69) is 4.98 Å². The number of ether oxygens (including phenoxy) is 1. The average Bonchev–Trinajstić information content (AvgIpc) is 2.54. The number of methoxy groups -OCH3 is 1. The molecule has 1 atom stereocenters. The lowest BCUT2D eigenvalue weighted by Gasteiger charge is -2.25. The molecule has 0 N–H and O–H groups in total. The topological polar surface area (TPSA) is 63.0 Å². The van der Waals surface area contributed by atoms with Gasteiger partial charge in [-0.2, -0.15) is 5.26 Å². The fourth-order valence-corrected chi connectivity index (χ4v) is 2.47. The SMILES string of the molecule is COC(=O)C(C)(CC#N)c1cc(Cl)nc(-c2ccc(F)cc2)c1. The van der Waals surface area contributed by atoms with Crippen LogP contribution in [0.5, 0.6) is 0 Å². The minimum absolute atomic E-state index is 0.0666. The van der Waals surface area contributed by atoms with Crippen molar-refractivity contribution in [1.82, 2.24) is 4.98 Å². The van der Waals surface area contributed by atoms with Gasteiger partial charge in [-0.1, -0.05) is 11.6 Å². The van der Waals surface area contributed by atoms with Crippen LogP contribution in [0.2, 0.25) is 5.15 Å². The van der Waals surface area contributed by atoms with Gasteiger partial charge in [0.05, 0.1) is 25.3 Å². The number of pyridine rings is 1. The summed E-state index contributed by atoms with van der Waals surface area (Å²) in [6.45, 7) is 1.61. The van der Waals surface area contributed by atoms with Gasteiger partial charge in [0.25, 0.3) is 0 Å². The van der Waals surface area contributed by atoms with Crippen molar-refractivity contribution < 1.29 is 13.9 Å². The van der Waals surface area contributed by atoms with Gasteiger partial charge in [0, 0.05) is 5.56 Å². The third-order valence-electron chi connectivity index (χ3n) is 3.64. The second kappa shape index (κ2) is 6.76. The Labute approximate surface area is 138 Å². The third kappa shape index (κ3) is 3.49. The fraction of sp³-hybridized carbons (Fsp3) is 0.235. The van der Waals surface area contributed by atoms with Crippen molar-refractivity contribution in [3.63, 3.8) is 0 Å². The van der Waals surface area contributed by atoms with E-state index in [9.17, 15) is 9.18 Å². The van der Waals surface area contributed by atoms with Crippen molar-refractivity contribution in [1.29, 1.82) is 5.26 Å². The largest absolute Gasteiger partial charge is 0.468 e. The molecule has 118 valence electrons. The molecular formula is C17H14ClFN2O2. The molecule has 1 aromatic heterocycles. The Morgan fingerprint density at radius 2 is 2.04 bits per heavy atom. The highest BCUT2D eigenvalue weighted by molar-refractivity contribution is 6.29. The highest BCUT2D eigenvalue weighted by Gasteiger charge is 2.37. The first-order chi connectivity index (χ1) is 10.9. The van der Waals surface area contributed by atoms with Gasteiger partial charge < -0.3 is 4.74 Å². The summed E-state index contributed by atoms with van der Waals surface area (Å²) in [5.74, 6) is -0.897. The Morgan fingerprint density at radius 1 is 1.39 bits per heavy atom. The molecule has 0 aliphatic carbocycles. The second-order valence-corrected chi connectivity index (χ2v) is 5.62. The van der Waals surface area contributed by atoms with Crippen LogP contribution in [0, 0.1) is 17.1 Å². The van der Waals surface area contributed by atoms with Crippen LogP contribution in [-0.4, -0.2) is 18.1 Å². The van der Waals surface area contributed by atoms with Crippen molar-refractivity contribution in [2.24, 2.45) is 0 Å². The van der Waals surface area contributed by atoms with E-state index in [0.29, 0.717) is 16.8 Å². The molecule has 23 heavy (non-hydrogen) atoms. The third-order valence-corrected chi connectivity index (χ3v) is 3.83. The molecule has 0 fully saturated rings. The van der Waals surface area contributed by atoms with Crippen molar-refractivity contribution in [2.75, 3.05) is 7.11 Å². The molecule has 1 aromatic carbocycles. The lowest BCUT2D eigenvalue weighted by molar-refractivity contribution is -0.146. The normalized spacial score (nSPS) is 13.0. The highest BCUT2D eigenvalue weighted by atomic mass is 35.5. The minimum atomic E-state index is -1.16. The molecule has 4 nitrogen and oxygen atoms in total. The molecule has 0 aliphatic heterocycles. The van der Waals surface area contributed by atoms with Gasteiger partial charge in [0.15, 0.2) is 0 Å². The monoisotopic (exact) mass is 332 g/mol. The van der Waals surface area contributed by atoms with Gasteiger partial charge in [-0.25, -0.2) is 9.37 Å². The molecule has 0 bridgehead atoms. The minimum Gasteiger partial charge on any atom is -0.468 e. The number of nitrogens with zero attached hydrogens (tertiary/aromatic N) is 2. The van der Waals surface area contributed by atoms with E-state index in [-0.39, 0.29) is 17.4 Å². The lowest BCUT2D eigenvalue weighted by atomic mass is 9.80. The van der Waals surface area contributed by atoms with Crippen LogP contribution in [0.25, 0.3) is 11.3 Å². The van der Waals surface area contributed by atoms with Crippen LogP contribution in [0.4, 0.5) is 4.39 Å². The number of carbonyl (C=O) groups is 1. The summed E-state index contributed by atoms with van der Waals surface area (Å²) in [4.78, 5) is 16.3. The fourth-order valence-electron chi connectivity index (χ4n) is 2.26. The van der Waals surface area contributed by atoms with Gasteiger partial charge in [-0.3, -0.25) is 4.79 Å². The molecule has 0 saturated carbocycles. The summed E-state index contributed by atoms with van der Waals surface area (Å²) in [5.41, 5.74) is 0.496. The zero-order valence-corrected chi connectivity index (χ0v) is 13.4. The zero-order valence-electron chi connectivity index (χ0n) is 12.6. The Hall–Kier alpha value is -2.45. The molecular weight excluding hydrogens is 319 g/mol. The van der Waals surface area contributed by atoms with Crippen molar-refractivity contribution in [3.8, 4) is 17.3 Å². The second-order valence-electron chi connectivity index (χ2n) is 5.23. The Bertz CT molecular complexity index is 771. The van der Waals surface area contributed by atoms with Crippen molar-refractivity contribution in [3.05, 3.63) is 52.9 Å². The van der Waals surface area contributed by atoms with Gasteiger partial charge in [-0.05, 0) is 48.9 Å². The predicted molar refractivity (Wildman–Crippen MR) is 84.2 cm³/mol. The van der Waals surface area contributed by atoms with Crippen LogP contribution in [-0.2, 0) is 14.9 Å². The number of nitriles is 1. The molecule has 6 heteroatoms. The Kier molecular flexibility index (Phi) is 4.97. The number of esters is 1. The predicted octanol–water partition coefficient (Wildman–Crippen LogP) is 3.89. The standard InChI is InChI=1S/C17H14ClFN2O2/c1-17(7-8-20,16(22)23-2)12-9-14(21-15(18)10-12)11-3-5-13(19)6-4-11/h3-6,9-10H,7H2,1-2H3. The van der Waals surface area contributed by atoms with E-state index in [1.54, 1.807) is 25.1 Å². The maximum absolute atomic E-state index is 13.1. The van der Waals surface area contributed by atoms with Crippen LogP contribution >= 0.6 is 11.6 Å². The van der Waals surface area contributed by atoms with Crippen molar-refractivity contribution >= 4 is 17.6 Å². The molecule has 0 radical (unpaired) electrons. The number of halogens is 2. The number of hydrogen-bond acceptors (Lipinski definition) is 4. The van der Waals surface area contributed by atoms with Crippen molar-refractivity contribution in [2.45, 2.75) is 18.8 Å². The van der Waals surface area contributed by atoms with E-state index in [4.69, 9.17) is 21.6 Å². The van der Waals surface area contributed by atoms with Gasteiger partial charge >= 0.3 is 5.97 Å². The first-order valence-corrected chi connectivity index (χ1v) is 7.18. The summed E-state index contributed by atoms with van der Waals surface area (Å²) in [6.07, 6.45) is -0.0666. The van der Waals surface area contributed by atoms with E-state index >= 15 is 0 Å². The molecule has 1 unspecified atom stereocenters. The van der Waals surface area contributed by atoms with Crippen LogP contribution in [0.3, 0.4) is 0 Å². The molecule has 0 spiro atoms. The van der Waals surface area contributed by atoms with E-state index in [0.717, 1.165) is 0 Å². The van der Waals surface area contributed by atoms with Crippen LogP contribution in [0.15, 0.2) is 36.4 Å². The number of rotatable bonds is 4. The van der Waals surface area contributed by atoms with Crippen LogP contribution < -0.4 is 0 Å². The Balaban J connectivity index is 2.57. The summed E-state index contributed by atoms with van der Waals surface area (Å²) in [6, 6.07) is 10.9. The Morgan fingerprint density at radius 3 is 2.61 bits per heavy atom. The first-order valence-electron chi connectivity index (χ1n) is 6.80. The summed E-state index contributed by atoms with van der Waals surface area (Å²) < 4.78 is 17.9. The van der Waals surface area contributed by atoms with E-state index < -0.39 is 11.4 Å². The highest BCUT2D eigenvalue weighted by Crippen LogP contribution is 2.33. The van der Waals surface area contributed by atoms with E-state index in [1.807, 2.05) is 6.07 Å². The van der Waals surface area contributed by atoms with Gasteiger partial charge in [0.2, 0.25) is 0 Å². The number of hydrogen-bond donors (Lipinski definition) is 0. The lowest BCUT2D eigenvalue weighted by Crippen LogP contribution is -2.33. The maximum atomic E-state index is 13.1. The first kappa shape index (κ1) is 16.9. The van der Waals surface area contributed by atoms with Gasteiger partial charge in [0.1, 0.15) is 16.4 Å². The number of benzene rings is 1. The molecule has 0 saturated heterocycles. The number of aromatic nitrogens is 1. The zero-order chi connectivity index (χ0) is 17.0. The average molecular weight is 333 g/mol. The number of carbonyl (C=O) groups excluding carboxylic acids is 1. The van der Waals surface area contributed by atoms with Crippen LogP contribution in [0.1, 0.15) is 18.9 Å². The molecule has 0 aliphatic rings. The summed E-state index contributed by atoms with van der Waals surface area (Å²) >= 11 is 6.07. The molecule has 0 amide bonds. The maximum Gasteiger partial charge on any atom is 0.317 e. The molecule has 1 heterocycles. The van der Waals surface area contributed by atoms with Gasteiger partial charge in [-0.15, -0.1) is 0 Å². The molecule has 2 aromatic rings. The summed E-state index contributed by atoms with van der Waals surface area (Å²) in [5, 5.41) is 9.22. The molecule has 2 rings (SSSR count). The smallest absolute Gasteiger partial charge is 0.317 e. The van der Waals surface area contributed by atoms with E-state index in [1.165, 1.54) is 25.3 Å². The summed E-state index contributed by atoms with van der Waals surface area (Å²) in [7, 11) is 1.27.